The standard InChI is InChI=1S/C19H15F3N4O2/c1-10(20)11-2-3-13-14(4-11)19(5-15(19)22)9-26(17(13)28)8-16(27)25-18-23-6-12(21)7-24-18/h2-4,6-7,15H,1,5,8-9H2,(H,23,24,25,27)/t15-,19-/m0/s1. The second-order valence-electron chi connectivity index (χ2n) is 6.93. The van der Waals surface area contributed by atoms with E-state index in [9.17, 15) is 22.8 Å². The van der Waals surface area contributed by atoms with Gasteiger partial charge in [0.1, 0.15) is 18.5 Å². The molecular formula is C19H15F3N4O2. The fourth-order valence-electron chi connectivity index (χ4n) is 3.52. The van der Waals surface area contributed by atoms with Crippen LogP contribution in [-0.2, 0) is 10.2 Å². The van der Waals surface area contributed by atoms with Crippen LogP contribution in [0, 0.1) is 5.82 Å². The van der Waals surface area contributed by atoms with Crippen molar-refractivity contribution in [1.29, 1.82) is 0 Å². The predicted molar refractivity (Wildman–Crippen MR) is 94.3 cm³/mol. The maximum Gasteiger partial charge on any atom is 0.254 e. The highest BCUT2D eigenvalue weighted by molar-refractivity contribution is 6.01. The van der Waals surface area contributed by atoms with Gasteiger partial charge in [-0.15, -0.1) is 0 Å². The molecule has 6 nitrogen and oxygen atoms in total. The lowest BCUT2D eigenvalue weighted by molar-refractivity contribution is -0.117. The van der Waals surface area contributed by atoms with Crippen molar-refractivity contribution in [1.82, 2.24) is 14.9 Å². The molecule has 0 saturated heterocycles. The number of hydrogen-bond donors (Lipinski definition) is 1. The van der Waals surface area contributed by atoms with Gasteiger partial charge in [0, 0.05) is 23.1 Å². The van der Waals surface area contributed by atoms with Gasteiger partial charge in [0.2, 0.25) is 11.9 Å². The van der Waals surface area contributed by atoms with Crippen molar-refractivity contribution in [3.8, 4) is 0 Å². The highest BCUT2D eigenvalue weighted by Crippen LogP contribution is 2.54. The van der Waals surface area contributed by atoms with E-state index in [-0.39, 0.29) is 36.6 Å². The Labute approximate surface area is 158 Å². The second-order valence-corrected chi connectivity index (χ2v) is 6.93. The number of hydrogen-bond acceptors (Lipinski definition) is 4. The van der Waals surface area contributed by atoms with Gasteiger partial charge in [-0.2, -0.15) is 0 Å². The summed E-state index contributed by atoms with van der Waals surface area (Å²) in [4.78, 5) is 33.5. The molecule has 1 aromatic carbocycles. The van der Waals surface area contributed by atoms with Crippen LogP contribution in [-0.4, -0.2) is 45.9 Å². The topological polar surface area (TPSA) is 75.2 Å². The Bertz CT molecular complexity index is 995. The molecule has 1 N–H and O–H groups in total. The summed E-state index contributed by atoms with van der Waals surface area (Å²) in [5, 5.41) is 2.37. The number of aromatic nitrogens is 2. The number of nitrogens with zero attached hydrogens (tertiary/aromatic N) is 3. The first-order valence-corrected chi connectivity index (χ1v) is 8.50. The molecule has 1 spiro atoms. The average molecular weight is 388 g/mol. The molecule has 144 valence electrons. The highest BCUT2D eigenvalue weighted by atomic mass is 19.1. The molecule has 1 aliphatic carbocycles. The van der Waals surface area contributed by atoms with Crippen molar-refractivity contribution in [3.63, 3.8) is 0 Å². The molecular weight excluding hydrogens is 373 g/mol. The van der Waals surface area contributed by atoms with Crippen LogP contribution >= 0.6 is 0 Å². The summed E-state index contributed by atoms with van der Waals surface area (Å²) in [7, 11) is 0. The summed E-state index contributed by atoms with van der Waals surface area (Å²) in [5.74, 6) is -2.47. The van der Waals surface area contributed by atoms with Crippen molar-refractivity contribution in [2.45, 2.75) is 18.0 Å². The van der Waals surface area contributed by atoms with Crippen molar-refractivity contribution >= 4 is 23.6 Å². The minimum absolute atomic E-state index is 0.0000891. The maximum absolute atomic E-state index is 14.3. The van der Waals surface area contributed by atoms with Crippen molar-refractivity contribution in [2.75, 3.05) is 18.4 Å². The molecule has 1 aromatic heterocycles. The van der Waals surface area contributed by atoms with Gasteiger partial charge >= 0.3 is 0 Å². The molecule has 0 unspecified atom stereocenters. The number of anilines is 1. The van der Waals surface area contributed by atoms with Gasteiger partial charge in [0.25, 0.3) is 5.91 Å². The molecule has 2 heterocycles. The molecule has 1 fully saturated rings. The number of halogens is 3. The first kappa shape index (κ1) is 18.1. The molecule has 2 aliphatic rings. The molecule has 1 saturated carbocycles. The molecule has 28 heavy (non-hydrogen) atoms. The molecule has 4 rings (SSSR count). The number of fused-ring (bicyclic) bond motifs is 2. The van der Waals surface area contributed by atoms with Crippen LogP contribution in [0.2, 0.25) is 0 Å². The molecule has 0 bridgehead atoms. The zero-order valence-electron chi connectivity index (χ0n) is 14.6. The largest absolute Gasteiger partial charge is 0.328 e. The Morgan fingerprint density at radius 1 is 1.36 bits per heavy atom. The number of benzene rings is 1. The van der Waals surface area contributed by atoms with Crippen LogP contribution in [0.25, 0.3) is 5.83 Å². The molecule has 2 aromatic rings. The number of amides is 2. The van der Waals surface area contributed by atoms with E-state index in [0.29, 0.717) is 5.56 Å². The van der Waals surface area contributed by atoms with Crippen molar-refractivity contribution in [2.24, 2.45) is 0 Å². The van der Waals surface area contributed by atoms with E-state index in [1.807, 2.05) is 0 Å². The number of nitrogens with one attached hydrogen (secondary N) is 1. The van der Waals surface area contributed by atoms with Crippen LogP contribution in [0.4, 0.5) is 19.1 Å². The minimum atomic E-state index is -1.19. The summed E-state index contributed by atoms with van der Waals surface area (Å²) in [6.07, 6.45) is 0.796. The van der Waals surface area contributed by atoms with Crippen molar-refractivity contribution in [3.05, 3.63) is 59.7 Å². The normalized spacial score (nSPS) is 22.8. The molecule has 2 atom stereocenters. The van der Waals surface area contributed by atoms with Gasteiger partial charge in [-0.25, -0.2) is 23.1 Å². The molecule has 9 heteroatoms. The number of rotatable bonds is 4. The number of carbonyl (C=O) groups is 2. The fraction of sp³-hybridized carbons (Fsp3) is 0.263. The number of alkyl halides is 1. The first-order valence-electron chi connectivity index (χ1n) is 8.50. The van der Waals surface area contributed by atoms with Gasteiger partial charge in [-0.05, 0) is 24.1 Å². The SMILES string of the molecule is C=C(F)c1ccc2c(c1)[C@]1(C[C@@H]1F)CN(CC(=O)Nc1ncc(F)cn1)C2=O. The monoisotopic (exact) mass is 388 g/mol. The minimum Gasteiger partial charge on any atom is -0.328 e. The Morgan fingerprint density at radius 3 is 2.64 bits per heavy atom. The van der Waals surface area contributed by atoms with E-state index in [1.165, 1.54) is 23.1 Å². The maximum atomic E-state index is 14.3. The van der Waals surface area contributed by atoms with Gasteiger partial charge in [-0.1, -0.05) is 12.6 Å². The fourth-order valence-corrected chi connectivity index (χ4v) is 3.52. The smallest absolute Gasteiger partial charge is 0.254 e. The van der Waals surface area contributed by atoms with Crippen LogP contribution in [0.1, 0.15) is 27.9 Å². The van der Waals surface area contributed by atoms with Crippen LogP contribution in [0.5, 0.6) is 0 Å². The predicted octanol–water partition coefficient (Wildman–Crippen LogP) is 2.63. The van der Waals surface area contributed by atoms with E-state index in [0.717, 1.165) is 12.4 Å². The second kappa shape index (κ2) is 6.43. The molecule has 0 radical (unpaired) electrons. The summed E-state index contributed by atoms with van der Waals surface area (Å²) >= 11 is 0. The highest BCUT2D eigenvalue weighted by Gasteiger charge is 2.61. The zero-order valence-corrected chi connectivity index (χ0v) is 14.6. The molecule has 2 amide bonds. The third-order valence-corrected chi connectivity index (χ3v) is 5.05. The lowest BCUT2D eigenvalue weighted by Gasteiger charge is -2.34. The zero-order chi connectivity index (χ0) is 20.1. The first-order chi connectivity index (χ1) is 13.3. The Balaban J connectivity index is 1.57. The summed E-state index contributed by atoms with van der Waals surface area (Å²) < 4.78 is 40.6. The van der Waals surface area contributed by atoms with E-state index in [1.54, 1.807) is 0 Å². The van der Waals surface area contributed by atoms with E-state index in [4.69, 9.17) is 0 Å². The van der Waals surface area contributed by atoms with Crippen LogP contribution in [0.15, 0.2) is 37.2 Å². The van der Waals surface area contributed by atoms with Gasteiger partial charge in [0.05, 0.1) is 12.4 Å². The lowest BCUT2D eigenvalue weighted by Crippen LogP contribution is -2.47. The Hall–Kier alpha value is -3.23. The van der Waals surface area contributed by atoms with E-state index in [2.05, 4.69) is 21.9 Å². The average Bonchev–Trinajstić information content (AvgIpc) is 3.30. The van der Waals surface area contributed by atoms with E-state index < -0.39 is 35.0 Å². The van der Waals surface area contributed by atoms with Crippen molar-refractivity contribution < 1.29 is 22.8 Å². The quantitative estimate of drug-likeness (QED) is 0.874. The molecule has 1 aliphatic heterocycles. The summed E-state index contributed by atoms with van der Waals surface area (Å²) in [5.41, 5.74) is -0.0619. The van der Waals surface area contributed by atoms with Gasteiger partial charge < -0.3 is 4.90 Å². The van der Waals surface area contributed by atoms with Crippen LogP contribution < -0.4 is 5.32 Å². The third kappa shape index (κ3) is 3.02. The van der Waals surface area contributed by atoms with Crippen LogP contribution in [0.3, 0.4) is 0 Å². The lowest BCUT2D eigenvalue weighted by atomic mass is 9.85. The number of carbonyl (C=O) groups excluding carboxylic acids is 2. The Kier molecular flexibility index (Phi) is 4.17. The summed E-state index contributed by atoms with van der Waals surface area (Å²) in [6, 6.07) is 4.29. The Morgan fingerprint density at radius 2 is 2.04 bits per heavy atom. The summed E-state index contributed by atoms with van der Waals surface area (Å²) in [6.45, 7) is 2.89. The third-order valence-electron chi connectivity index (χ3n) is 5.05. The van der Waals surface area contributed by atoms with Gasteiger partial charge in [0.15, 0.2) is 5.82 Å². The van der Waals surface area contributed by atoms with E-state index >= 15 is 0 Å². The van der Waals surface area contributed by atoms with Gasteiger partial charge in [-0.3, -0.25) is 14.9 Å².